The monoisotopic (exact) mass is 386 g/mol. The van der Waals surface area contributed by atoms with Crippen LogP contribution in [-0.2, 0) is 4.74 Å². The molecule has 0 radical (unpaired) electrons. The summed E-state index contributed by atoms with van der Waals surface area (Å²) in [5.74, 6) is 1.45. The minimum Gasteiger partial charge on any atom is -0.387 e. The zero-order valence-electron chi connectivity index (χ0n) is 16.1. The average molecular weight is 386 g/mol. The largest absolute Gasteiger partial charge is 0.387 e. The summed E-state index contributed by atoms with van der Waals surface area (Å²) in [6, 6.07) is 7.04. The fraction of sp³-hybridized carbons (Fsp3) is 0.550. The van der Waals surface area contributed by atoms with Crippen LogP contribution < -0.4 is 5.32 Å². The number of carbonyl (C=O) groups is 1. The Morgan fingerprint density at radius 2 is 2.00 bits per heavy atom. The fourth-order valence-electron chi connectivity index (χ4n) is 3.29. The van der Waals surface area contributed by atoms with Gasteiger partial charge in [-0.3, -0.25) is 9.69 Å². The summed E-state index contributed by atoms with van der Waals surface area (Å²) >= 11 is 0. The number of morpholine rings is 1. The third-order valence-corrected chi connectivity index (χ3v) is 5.08. The number of benzene rings is 1. The lowest BCUT2D eigenvalue weighted by atomic mass is 10.1. The molecule has 0 spiro atoms. The molecule has 2 heterocycles. The molecule has 1 amide bonds. The summed E-state index contributed by atoms with van der Waals surface area (Å²) in [6.45, 7) is 5.36. The van der Waals surface area contributed by atoms with E-state index in [-0.39, 0.29) is 12.5 Å². The Bertz CT molecular complexity index is 808. The van der Waals surface area contributed by atoms with E-state index < -0.39 is 5.60 Å². The lowest BCUT2D eigenvalue weighted by Gasteiger charge is -2.33. The third-order valence-electron chi connectivity index (χ3n) is 5.08. The lowest BCUT2D eigenvalue weighted by molar-refractivity contribution is -0.0213. The lowest BCUT2D eigenvalue weighted by Crippen LogP contribution is -2.51. The Hall–Kier alpha value is -2.29. The Kier molecular flexibility index (Phi) is 5.43. The van der Waals surface area contributed by atoms with Crippen LogP contribution in [0.15, 0.2) is 28.8 Å². The van der Waals surface area contributed by atoms with E-state index in [1.165, 1.54) is 0 Å². The van der Waals surface area contributed by atoms with Crippen LogP contribution in [0.1, 0.15) is 41.9 Å². The number of ether oxygens (including phenoxy) is 1. The molecule has 1 aromatic heterocycles. The number of amides is 1. The zero-order chi connectivity index (χ0) is 19.6. The highest BCUT2D eigenvalue weighted by Crippen LogP contribution is 2.38. The summed E-state index contributed by atoms with van der Waals surface area (Å²) < 4.78 is 10.6. The van der Waals surface area contributed by atoms with Gasteiger partial charge in [0.1, 0.15) is 0 Å². The number of hydrogen-bond acceptors (Lipinski definition) is 7. The molecule has 8 nitrogen and oxygen atoms in total. The van der Waals surface area contributed by atoms with Crippen LogP contribution in [0.25, 0.3) is 11.5 Å². The van der Waals surface area contributed by atoms with Crippen LogP contribution in [0.4, 0.5) is 0 Å². The smallest absolute Gasteiger partial charge is 0.257 e. The van der Waals surface area contributed by atoms with E-state index in [9.17, 15) is 9.90 Å². The predicted octanol–water partition coefficient (Wildman–Crippen LogP) is 1.43. The number of nitrogens with one attached hydrogen (secondary N) is 1. The normalized spacial score (nSPS) is 19.9. The second-order valence-electron chi connectivity index (χ2n) is 7.88. The highest BCUT2D eigenvalue weighted by atomic mass is 16.5. The SMILES string of the molecule is CC(O)(CNC(=O)c1ccc(-c2nc(C3CC3)no2)cc1)CN1CCOCC1. The second kappa shape index (κ2) is 7.98. The molecule has 1 unspecified atom stereocenters. The number of nitrogens with zero attached hydrogens (tertiary/aromatic N) is 3. The molecule has 150 valence electrons. The van der Waals surface area contributed by atoms with Crippen LogP contribution in [-0.4, -0.2) is 71.0 Å². The Labute approximate surface area is 163 Å². The fourth-order valence-corrected chi connectivity index (χ4v) is 3.29. The van der Waals surface area contributed by atoms with Gasteiger partial charge in [0.15, 0.2) is 5.82 Å². The van der Waals surface area contributed by atoms with Crippen molar-refractivity contribution < 1.29 is 19.2 Å². The minimum absolute atomic E-state index is 0.180. The number of carbonyl (C=O) groups excluding carboxylic acids is 1. The van der Waals surface area contributed by atoms with Crippen molar-refractivity contribution in [3.63, 3.8) is 0 Å². The quantitative estimate of drug-likeness (QED) is 0.742. The van der Waals surface area contributed by atoms with Crippen LogP contribution in [0.3, 0.4) is 0 Å². The maximum Gasteiger partial charge on any atom is 0.257 e. The summed E-state index contributed by atoms with van der Waals surface area (Å²) in [4.78, 5) is 19.0. The number of β-amino-alcohol motifs (C(OH)–C–C–N with tert-alkyl or cyclic N) is 1. The van der Waals surface area contributed by atoms with Crippen LogP contribution in [0.5, 0.6) is 0 Å². The molecule has 1 saturated carbocycles. The summed E-state index contributed by atoms with van der Waals surface area (Å²) in [5, 5.41) is 17.4. The van der Waals surface area contributed by atoms with E-state index in [4.69, 9.17) is 9.26 Å². The summed E-state index contributed by atoms with van der Waals surface area (Å²) in [7, 11) is 0. The van der Waals surface area contributed by atoms with Crippen LogP contribution in [0, 0.1) is 0 Å². The van der Waals surface area contributed by atoms with E-state index in [0.717, 1.165) is 37.3 Å². The van der Waals surface area contributed by atoms with E-state index >= 15 is 0 Å². The van der Waals surface area contributed by atoms with Crippen molar-refractivity contribution in [2.45, 2.75) is 31.3 Å². The molecule has 8 heteroatoms. The molecule has 28 heavy (non-hydrogen) atoms. The van der Waals surface area contributed by atoms with Gasteiger partial charge in [0, 0.05) is 43.2 Å². The second-order valence-corrected chi connectivity index (χ2v) is 7.88. The first-order valence-corrected chi connectivity index (χ1v) is 9.75. The number of aliphatic hydroxyl groups is 1. The van der Waals surface area contributed by atoms with Crippen LogP contribution >= 0.6 is 0 Å². The Morgan fingerprint density at radius 1 is 1.29 bits per heavy atom. The highest BCUT2D eigenvalue weighted by molar-refractivity contribution is 5.94. The molecule has 2 N–H and O–H groups in total. The maximum atomic E-state index is 12.4. The molecule has 1 aromatic carbocycles. The van der Waals surface area contributed by atoms with Gasteiger partial charge in [0.25, 0.3) is 11.8 Å². The van der Waals surface area contributed by atoms with Crippen molar-refractivity contribution in [2.24, 2.45) is 0 Å². The van der Waals surface area contributed by atoms with E-state index in [0.29, 0.717) is 37.1 Å². The summed E-state index contributed by atoms with van der Waals surface area (Å²) in [6.07, 6.45) is 2.24. The van der Waals surface area contributed by atoms with Gasteiger partial charge in [-0.2, -0.15) is 4.98 Å². The number of rotatable bonds is 7. The van der Waals surface area contributed by atoms with E-state index in [2.05, 4.69) is 20.4 Å². The van der Waals surface area contributed by atoms with Gasteiger partial charge in [0.2, 0.25) is 0 Å². The molecule has 2 fully saturated rings. The first kappa shape index (κ1) is 19.0. The Morgan fingerprint density at radius 3 is 2.68 bits per heavy atom. The van der Waals surface area contributed by atoms with E-state index in [1.807, 2.05) is 0 Å². The van der Waals surface area contributed by atoms with Gasteiger partial charge in [-0.05, 0) is 44.0 Å². The standard InChI is InChI=1S/C20H26N4O4/c1-20(26,13-24-8-10-27-11-9-24)12-21-18(25)15-4-6-16(7-5-15)19-22-17(23-28-19)14-2-3-14/h4-7,14,26H,2-3,8-13H2,1H3,(H,21,25). The first-order chi connectivity index (χ1) is 13.5. The molecule has 0 bridgehead atoms. The topological polar surface area (TPSA) is 101 Å². The van der Waals surface area contributed by atoms with Gasteiger partial charge in [-0.25, -0.2) is 0 Å². The molecule has 2 aromatic rings. The zero-order valence-corrected chi connectivity index (χ0v) is 16.1. The van der Waals surface area contributed by atoms with E-state index in [1.54, 1.807) is 31.2 Å². The molecule has 1 atom stereocenters. The van der Waals surface area contributed by atoms with Crippen molar-refractivity contribution in [2.75, 3.05) is 39.4 Å². The van der Waals surface area contributed by atoms with Crippen molar-refractivity contribution >= 4 is 5.91 Å². The average Bonchev–Trinajstić information content (AvgIpc) is 3.43. The van der Waals surface area contributed by atoms with Crippen LogP contribution in [0.2, 0.25) is 0 Å². The highest BCUT2D eigenvalue weighted by Gasteiger charge is 2.29. The molecule has 1 aliphatic heterocycles. The summed E-state index contributed by atoms with van der Waals surface area (Å²) in [5.41, 5.74) is 0.304. The number of hydrogen-bond donors (Lipinski definition) is 2. The predicted molar refractivity (Wildman–Crippen MR) is 102 cm³/mol. The molecular weight excluding hydrogens is 360 g/mol. The van der Waals surface area contributed by atoms with Crippen molar-refractivity contribution in [3.05, 3.63) is 35.7 Å². The Balaban J connectivity index is 1.31. The minimum atomic E-state index is -1.00. The molecule has 1 saturated heterocycles. The third kappa shape index (κ3) is 4.76. The van der Waals surface area contributed by atoms with Crippen molar-refractivity contribution in [1.82, 2.24) is 20.4 Å². The maximum absolute atomic E-state index is 12.4. The van der Waals surface area contributed by atoms with Gasteiger partial charge < -0.3 is 19.7 Å². The molecule has 1 aliphatic carbocycles. The molecular formula is C20H26N4O4. The van der Waals surface area contributed by atoms with Gasteiger partial charge in [-0.1, -0.05) is 5.16 Å². The van der Waals surface area contributed by atoms with Gasteiger partial charge in [-0.15, -0.1) is 0 Å². The van der Waals surface area contributed by atoms with Crippen molar-refractivity contribution in [1.29, 1.82) is 0 Å². The molecule has 2 aliphatic rings. The van der Waals surface area contributed by atoms with Gasteiger partial charge in [0.05, 0.1) is 18.8 Å². The van der Waals surface area contributed by atoms with Crippen molar-refractivity contribution in [3.8, 4) is 11.5 Å². The van der Waals surface area contributed by atoms with Gasteiger partial charge >= 0.3 is 0 Å². The number of aromatic nitrogens is 2. The molecule has 4 rings (SSSR count). The first-order valence-electron chi connectivity index (χ1n) is 9.75.